The Kier molecular flexibility index (Phi) is 4.31. The molecule has 0 bridgehead atoms. The Morgan fingerprint density at radius 2 is 2.10 bits per heavy atom. The van der Waals surface area contributed by atoms with E-state index in [-0.39, 0.29) is 17.1 Å². The van der Waals surface area contributed by atoms with Crippen molar-refractivity contribution in [1.82, 2.24) is 5.43 Å². The summed E-state index contributed by atoms with van der Waals surface area (Å²) >= 11 is 0. The summed E-state index contributed by atoms with van der Waals surface area (Å²) in [5.41, 5.74) is 3.12. The summed E-state index contributed by atoms with van der Waals surface area (Å²) in [6, 6.07) is 7.18. The molecule has 112 valence electrons. The Bertz CT molecular complexity index is 636. The van der Waals surface area contributed by atoms with Gasteiger partial charge in [0, 0.05) is 11.1 Å². The van der Waals surface area contributed by atoms with E-state index in [0.717, 1.165) is 17.2 Å². The summed E-state index contributed by atoms with van der Waals surface area (Å²) in [6.07, 6.45) is 2.13. The van der Waals surface area contributed by atoms with E-state index in [4.69, 9.17) is 8.83 Å². The molecular weight excluding hydrogens is 268 g/mol. The van der Waals surface area contributed by atoms with Crippen molar-refractivity contribution < 1.29 is 13.6 Å². The fourth-order valence-corrected chi connectivity index (χ4v) is 2.17. The van der Waals surface area contributed by atoms with E-state index < -0.39 is 0 Å². The first-order chi connectivity index (χ1) is 9.88. The Morgan fingerprint density at radius 3 is 2.67 bits per heavy atom. The van der Waals surface area contributed by atoms with E-state index >= 15 is 0 Å². The molecule has 0 saturated heterocycles. The maximum Gasteiger partial charge on any atom is 0.307 e. The smallest absolute Gasteiger partial charge is 0.307 e. The monoisotopic (exact) mass is 288 g/mol. The molecule has 0 aliphatic carbocycles. The van der Waals surface area contributed by atoms with Crippen LogP contribution in [0.4, 0.5) is 0 Å². The molecule has 0 fully saturated rings. The Hall–Kier alpha value is -2.30. The minimum Gasteiger partial charge on any atom is -0.466 e. The number of aryl methyl sites for hydroxylation is 1. The van der Waals surface area contributed by atoms with Gasteiger partial charge in [0.05, 0.1) is 6.26 Å². The maximum absolute atomic E-state index is 11.7. The number of hydrazone groups is 1. The number of amides is 1. The van der Waals surface area contributed by atoms with E-state index in [9.17, 15) is 4.79 Å². The summed E-state index contributed by atoms with van der Waals surface area (Å²) in [7, 11) is 0. The highest BCUT2D eigenvalue weighted by atomic mass is 16.3. The van der Waals surface area contributed by atoms with Crippen LogP contribution in [0.3, 0.4) is 0 Å². The van der Waals surface area contributed by atoms with Crippen LogP contribution < -0.4 is 5.43 Å². The maximum atomic E-state index is 11.7. The van der Waals surface area contributed by atoms with Crippen molar-refractivity contribution in [2.75, 3.05) is 0 Å². The summed E-state index contributed by atoms with van der Waals surface area (Å²) < 4.78 is 10.7. The molecular formula is C16H20N2O3. The number of carbonyl (C=O) groups excluding carboxylic acids is 1. The number of hydrogen-bond acceptors (Lipinski definition) is 4. The van der Waals surface area contributed by atoms with Crippen LogP contribution >= 0.6 is 0 Å². The zero-order valence-corrected chi connectivity index (χ0v) is 12.8. The number of rotatable bonds is 5. The van der Waals surface area contributed by atoms with Crippen LogP contribution in [0.15, 0.2) is 44.5 Å². The van der Waals surface area contributed by atoms with Gasteiger partial charge in [0.1, 0.15) is 11.5 Å². The van der Waals surface area contributed by atoms with E-state index in [1.807, 2.05) is 26.0 Å². The molecule has 2 aromatic rings. The minimum atomic E-state index is -0.356. The molecule has 2 heterocycles. The fraction of sp³-hybridized carbons (Fsp3) is 0.375. The SMILES string of the molecule is C/C(CC(C)(C)c1ccc(C)o1)=N/NC(=O)c1ccco1. The molecule has 5 nitrogen and oxygen atoms in total. The largest absolute Gasteiger partial charge is 0.466 e. The van der Waals surface area contributed by atoms with Gasteiger partial charge in [0.25, 0.3) is 0 Å². The second kappa shape index (κ2) is 5.99. The lowest BCUT2D eigenvalue weighted by atomic mass is 9.85. The second-order valence-electron chi connectivity index (χ2n) is 5.74. The zero-order chi connectivity index (χ0) is 15.5. The first kappa shape index (κ1) is 15.1. The first-order valence-electron chi connectivity index (χ1n) is 6.82. The van der Waals surface area contributed by atoms with Crippen LogP contribution in [0.1, 0.15) is 49.3 Å². The van der Waals surface area contributed by atoms with Gasteiger partial charge in [0.2, 0.25) is 0 Å². The van der Waals surface area contributed by atoms with Crippen molar-refractivity contribution in [3.8, 4) is 0 Å². The normalized spacial score (nSPS) is 12.5. The molecule has 0 unspecified atom stereocenters. The molecule has 5 heteroatoms. The van der Waals surface area contributed by atoms with Gasteiger partial charge in [-0.2, -0.15) is 5.10 Å². The van der Waals surface area contributed by atoms with Crippen LogP contribution in [0.2, 0.25) is 0 Å². The third kappa shape index (κ3) is 3.84. The quantitative estimate of drug-likeness (QED) is 0.674. The highest BCUT2D eigenvalue weighted by Gasteiger charge is 2.25. The average Bonchev–Trinajstić information content (AvgIpc) is 3.06. The molecule has 0 aliphatic rings. The topological polar surface area (TPSA) is 67.7 Å². The average molecular weight is 288 g/mol. The van der Waals surface area contributed by atoms with E-state index in [0.29, 0.717) is 6.42 Å². The van der Waals surface area contributed by atoms with Gasteiger partial charge in [-0.3, -0.25) is 4.79 Å². The number of furan rings is 2. The molecule has 1 amide bonds. The minimum absolute atomic E-state index is 0.183. The number of nitrogens with one attached hydrogen (secondary N) is 1. The molecule has 1 N–H and O–H groups in total. The van der Waals surface area contributed by atoms with Gasteiger partial charge >= 0.3 is 5.91 Å². The molecule has 0 aliphatic heterocycles. The number of nitrogens with zero attached hydrogens (tertiary/aromatic N) is 1. The highest BCUT2D eigenvalue weighted by molar-refractivity contribution is 5.92. The summed E-state index contributed by atoms with van der Waals surface area (Å²) in [5, 5.41) is 4.11. The van der Waals surface area contributed by atoms with Gasteiger partial charge in [-0.25, -0.2) is 5.43 Å². The Morgan fingerprint density at radius 1 is 1.33 bits per heavy atom. The summed E-state index contributed by atoms with van der Waals surface area (Å²) in [6.45, 7) is 7.96. The predicted molar refractivity (Wildman–Crippen MR) is 80.4 cm³/mol. The van der Waals surface area contributed by atoms with Crippen LogP contribution in [-0.4, -0.2) is 11.6 Å². The van der Waals surface area contributed by atoms with Crippen LogP contribution in [0.5, 0.6) is 0 Å². The molecule has 2 aromatic heterocycles. The standard InChI is InChI=1S/C16H20N2O3/c1-11(17-18-15(19)13-6-5-9-20-13)10-16(3,4)14-8-7-12(2)21-14/h5-9H,10H2,1-4H3,(H,18,19)/b17-11-. The third-order valence-electron chi connectivity index (χ3n) is 3.20. The number of carbonyl (C=O) groups is 1. The Labute approximate surface area is 124 Å². The highest BCUT2D eigenvalue weighted by Crippen LogP contribution is 2.28. The lowest BCUT2D eigenvalue weighted by Crippen LogP contribution is -2.23. The fourth-order valence-electron chi connectivity index (χ4n) is 2.17. The van der Waals surface area contributed by atoms with Crippen molar-refractivity contribution in [1.29, 1.82) is 0 Å². The van der Waals surface area contributed by atoms with Crippen molar-refractivity contribution >= 4 is 11.6 Å². The van der Waals surface area contributed by atoms with Gasteiger partial charge in [-0.15, -0.1) is 0 Å². The van der Waals surface area contributed by atoms with Gasteiger partial charge in [0.15, 0.2) is 5.76 Å². The summed E-state index contributed by atoms with van der Waals surface area (Å²) in [5.74, 6) is 1.68. The van der Waals surface area contributed by atoms with Crippen LogP contribution in [0.25, 0.3) is 0 Å². The molecule has 0 radical (unpaired) electrons. The molecule has 0 saturated carbocycles. The number of hydrogen-bond donors (Lipinski definition) is 1. The van der Waals surface area contributed by atoms with Crippen molar-refractivity contribution in [2.24, 2.45) is 5.10 Å². The van der Waals surface area contributed by atoms with E-state index in [2.05, 4.69) is 24.4 Å². The molecule has 0 atom stereocenters. The third-order valence-corrected chi connectivity index (χ3v) is 3.20. The van der Waals surface area contributed by atoms with Crippen LogP contribution in [0, 0.1) is 6.92 Å². The Balaban J connectivity index is 1.98. The zero-order valence-electron chi connectivity index (χ0n) is 12.8. The lowest BCUT2D eigenvalue weighted by Gasteiger charge is -2.21. The van der Waals surface area contributed by atoms with E-state index in [1.165, 1.54) is 6.26 Å². The second-order valence-corrected chi connectivity index (χ2v) is 5.74. The predicted octanol–water partition coefficient (Wildman–Crippen LogP) is 3.65. The molecule has 0 spiro atoms. The van der Waals surface area contributed by atoms with E-state index in [1.54, 1.807) is 12.1 Å². The summed E-state index contributed by atoms with van der Waals surface area (Å²) in [4.78, 5) is 11.7. The molecule has 2 rings (SSSR count). The first-order valence-corrected chi connectivity index (χ1v) is 6.82. The van der Waals surface area contributed by atoms with Crippen molar-refractivity contribution in [2.45, 2.75) is 39.5 Å². The molecule has 0 aromatic carbocycles. The van der Waals surface area contributed by atoms with Crippen molar-refractivity contribution in [3.05, 3.63) is 47.8 Å². The van der Waals surface area contributed by atoms with Crippen LogP contribution in [-0.2, 0) is 5.41 Å². The van der Waals surface area contributed by atoms with Gasteiger partial charge in [-0.1, -0.05) is 13.8 Å². The van der Waals surface area contributed by atoms with Gasteiger partial charge in [-0.05, 0) is 44.5 Å². The van der Waals surface area contributed by atoms with Gasteiger partial charge < -0.3 is 8.83 Å². The molecule has 21 heavy (non-hydrogen) atoms. The lowest BCUT2D eigenvalue weighted by molar-refractivity contribution is 0.0927. The van der Waals surface area contributed by atoms with Crippen molar-refractivity contribution in [3.63, 3.8) is 0 Å².